The third-order valence-corrected chi connectivity index (χ3v) is 4.23. The lowest BCUT2D eigenvalue weighted by Gasteiger charge is -2.24. The van der Waals surface area contributed by atoms with Crippen LogP contribution < -0.4 is 5.73 Å². The molecule has 1 saturated heterocycles. The molecule has 1 amide bonds. The van der Waals surface area contributed by atoms with Crippen molar-refractivity contribution in [2.24, 2.45) is 5.73 Å². The molecule has 2 unspecified atom stereocenters. The Morgan fingerprint density at radius 1 is 1.53 bits per heavy atom. The quantitative estimate of drug-likeness (QED) is 0.481. The Bertz CT molecular complexity index is 453. The summed E-state index contributed by atoms with van der Waals surface area (Å²) in [5.41, 5.74) is 5.29. The molecule has 1 rings (SSSR count). The molecule has 2 atom stereocenters. The number of carbonyl (C=O) groups is 2. The van der Waals surface area contributed by atoms with Crippen LogP contribution in [0, 0.1) is 0 Å². The van der Waals surface area contributed by atoms with Crippen LogP contribution in [0.15, 0.2) is 0 Å². The van der Waals surface area contributed by atoms with Crippen LogP contribution >= 0.6 is 0 Å². The molecule has 0 aromatic rings. The zero-order valence-corrected chi connectivity index (χ0v) is 11.1. The fourth-order valence-electron chi connectivity index (χ4n) is 2.08. The van der Waals surface area contributed by atoms with Crippen LogP contribution in [0.3, 0.4) is 0 Å². The smallest absolute Gasteiger partial charge is 0.326 e. The van der Waals surface area contributed by atoms with E-state index in [1.165, 1.54) is 0 Å². The number of nitrogens with two attached hydrogens (primary N) is 1. The van der Waals surface area contributed by atoms with Crippen molar-refractivity contribution in [1.29, 1.82) is 0 Å². The van der Waals surface area contributed by atoms with Gasteiger partial charge in [-0.25, -0.2) is 4.79 Å². The SMILES string of the molecule is NCCCCC(C(=O)O)N1CC(S(=O)(=O)F)CC1=O. The molecule has 1 aliphatic rings. The summed E-state index contributed by atoms with van der Waals surface area (Å²) in [4.78, 5) is 23.7. The van der Waals surface area contributed by atoms with Crippen molar-refractivity contribution in [3.8, 4) is 0 Å². The molecular weight excluding hydrogens is 279 g/mol. The Morgan fingerprint density at radius 2 is 2.16 bits per heavy atom. The van der Waals surface area contributed by atoms with E-state index in [1.54, 1.807) is 0 Å². The average Bonchev–Trinajstić information content (AvgIpc) is 2.66. The number of likely N-dealkylation sites (tertiary alicyclic amines) is 1. The maximum atomic E-state index is 12.8. The van der Waals surface area contributed by atoms with Crippen LogP contribution in [0.2, 0.25) is 0 Å². The molecule has 0 spiro atoms. The highest BCUT2D eigenvalue weighted by molar-refractivity contribution is 7.87. The van der Waals surface area contributed by atoms with Gasteiger partial charge in [-0.1, -0.05) is 0 Å². The van der Waals surface area contributed by atoms with E-state index in [9.17, 15) is 21.9 Å². The zero-order chi connectivity index (χ0) is 14.6. The van der Waals surface area contributed by atoms with Gasteiger partial charge in [0.25, 0.3) is 0 Å². The average molecular weight is 296 g/mol. The number of hydrogen-bond acceptors (Lipinski definition) is 5. The van der Waals surface area contributed by atoms with E-state index < -0.39 is 46.4 Å². The highest BCUT2D eigenvalue weighted by Crippen LogP contribution is 2.23. The molecule has 0 bridgehead atoms. The minimum absolute atomic E-state index is 0.178. The highest BCUT2D eigenvalue weighted by Gasteiger charge is 2.42. The van der Waals surface area contributed by atoms with Gasteiger partial charge in [0.1, 0.15) is 11.3 Å². The molecule has 3 N–H and O–H groups in total. The Kier molecular flexibility index (Phi) is 5.24. The molecule has 19 heavy (non-hydrogen) atoms. The van der Waals surface area contributed by atoms with E-state index in [1.807, 2.05) is 0 Å². The van der Waals surface area contributed by atoms with Crippen LogP contribution in [0.5, 0.6) is 0 Å². The van der Waals surface area contributed by atoms with E-state index in [4.69, 9.17) is 10.8 Å². The van der Waals surface area contributed by atoms with E-state index in [0.29, 0.717) is 19.4 Å². The normalized spacial score (nSPS) is 21.7. The van der Waals surface area contributed by atoms with Gasteiger partial charge >= 0.3 is 16.2 Å². The number of carboxylic acid groups (broad SMARTS) is 1. The van der Waals surface area contributed by atoms with E-state index in [-0.39, 0.29) is 6.42 Å². The van der Waals surface area contributed by atoms with Crippen LogP contribution in [-0.4, -0.2) is 54.7 Å². The molecule has 0 saturated carbocycles. The van der Waals surface area contributed by atoms with Gasteiger partial charge in [0.2, 0.25) is 5.91 Å². The summed E-state index contributed by atoms with van der Waals surface area (Å²) in [5, 5.41) is 7.61. The Balaban J connectivity index is 2.75. The van der Waals surface area contributed by atoms with Gasteiger partial charge in [-0.3, -0.25) is 4.79 Å². The Morgan fingerprint density at radius 3 is 2.58 bits per heavy atom. The predicted octanol–water partition coefficient (Wildman–Crippen LogP) is -0.531. The summed E-state index contributed by atoms with van der Waals surface area (Å²) in [6.07, 6.45) is 0.789. The van der Waals surface area contributed by atoms with Gasteiger partial charge in [0, 0.05) is 13.0 Å². The summed E-state index contributed by atoms with van der Waals surface area (Å²) in [7, 11) is -4.83. The first-order chi connectivity index (χ1) is 8.77. The van der Waals surface area contributed by atoms with Crippen molar-refractivity contribution in [1.82, 2.24) is 4.90 Å². The topological polar surface area (TPSA) is 118 Å². The molecule has 1 aliphatic heterocycles. The van der Waals surface area contributed by atoms with Gasteiger partial charge in [0.05, 0.1) is 0 Å². The molecule has 0 aromatic carbocycles. The second-order valence-electron chi connectivity index (χ2n) is 4.49. The minimum Gasteiger partial charge on any atom is -0.480 e. The molecule has 0 radical (unpaired) electrons. The summed E-state index contributed by atoms with van der Waals surface area (Å²) in [6.45, 7) is -0.000964. The lowest BCUT2D eigenvalue weighted by molar-refractivity contribution is -0.148. The molecule has 0 aliphatic carbocycles. The number of nitrogens with zero attached hydrogens (tertiary/aromatic N) is 1. The third kappa shape index (κ3) is 4.13. The van der Waals surface area contributed by atoms with Crippen LogP contribution in [-0.2, 0) is 19.8 Å². The highest BCUT2D eigenvalue weighted by atomic mass is 32.3. The molecular formula is C10H17FN2O5S. The van der Waals surface area contributed by atoms with Crippen molar-refractivity contribution in [2.75, 3.05) is 13.1 Å². The van der Waals surface area contributed by atoms with Crippen LogP contribution in [0.25, 0.3) is 0 Å². The summed E-state index contributed by atoms with van der Waals surface area (Å²) >= 11 is 0. The molecule has 110 valence electrons. The standard InChI is InChI=1S/C10H17FN2O5S/c11-19(17,18)7-5-9(14)13(6-7)8(10(15)16)3-1-2-4-12/h7-8H,1-6,12H2,(H,15,16). The fraction of sp³-hybridized carbons (Fsp3) is 0.800. The van der Waals surface area contributed by atoms with Crippen LogP contribution in [0.1, 0.15) is 25.7 Å². The largest absolute Gasteiger partial charge is 0.480 e. The summed E-state index contributed by atoms with van der Waals surface area (Å²) in [6, 6.07) is -1.12. The van der Waals surface area contributed by atoms with E-state index in [2.05, 4.69) is 0 Å². The van der Waals surface area contributed by atoms with Crippen molar-refractivity contribution < 1.29 is 27.0 Å². The lowest BCUT2D eigenvalue weighted by Crippen LogP contribution is -2.42. The minimum atomic E-state index is -4.83. The number of hydrogen-bond donors (Lipinski definition) is 2. The number of carbonyl (C=O) groups excluding carboxylic acids is 1. The summed E-state index contributed by atoms with van der Waals surface area (Å²) < 4.78 is 34.4. The number of rotatable bonds is 7. The second kappa shape index (κ2) is 6.29. The first-order valence-corrected chi connectivity index (χ1v) is 7.38. The number of unbranched alkanes of at least 4 members (excludes halogenated alkanes) is 1. The van der Waals surface area contributed by atoms with Crippen molar-refractivity contribution in [3.63, 3.8) is 0 Å². The van der Waals surface area contributed by atoms with Crippen molar-refractivity contribution in [2.45, 2.75) is 37.0 Å². The van der Waals surface area contributed by atoms with Gasteiger partial charge in [-0.2, -0.15) is 8.42 Å². The second-order valence-corrected chi connectivity index (χ2v) is 6.10. The number of amides is 1. The van der Waals surface area contributed by atoms with Crippen molar-refractivity contribution >= 4 is 22.1 Å². The maximum Gasteiger partial charge on any atom is 0.326 e. The maximum absolute atomic E-state index is 12.8. The number of carboxylic acids is 1. The van der Waals surface area contributed by atoms with Gasteiger partial charge in [-0.05, 0) is 25.8 Å². The van der Waals surface area contributed by atoms with Gasteiger partial charge in [-0.15, -0.1) is 3.89 Å². The van der Waals surface area contributed by atoms with Crippen LogP contribution in [0.4, 0.5) is 3.89 Å². The molecule has 1 fully saturated rings. The van der Waals surface area contributed by atoms with E-state index in [0.717, 1.165) is 4.90 Å². The Hall–Kier alpha value is -1.22. The molecule has 0 aromatic heterocycles. The number of halogens is 1. The third-order valence-electron chi connectivity index (χ3n) is 3.11. The fourth-order valence-corrected chi connectivity index (χ4v) is 2.76. The van der Waals surface area contributed by atoms with Gasteiger partial charge < -0.3 is 15.7 Å². The van der Waals surface area contributed by atoms with E-state index >= 15 is 0 Å². The first kappa shape index (κ1) is 15.8. The molecule has 1 heterocycles. The van der Waals surface area contributed by atoms with Gasteiger partial charge in [0.15, 0.2) is 0 Å². The van der Waals surface area contributed by atoms with Crippen molar-refractivity contribution in [3.05, 3.63) is 0 Å². The molecule has 7 nitrogen and oxygen atoms in total. The Labute approximate surface area is 110 Å². The zero-order valence-electron chi connectivity index (χ0n) is 10.3. The lowest BCUT2D eigenvalue weighted by atomic mass is 10.1. The predicted molar refractivity (Wildman–Crippen MR) is 64.5 cm³/mol. The first-order valence-electron chi connectivity index (χ1n) is 5.93. The monoisotopic (exact) mass is 296 g/mol. The number of aliphatic carboxylic acids is 1. The summed E-state index contributed by atoms with van der Waals surface area (Å²) in [5.74, 6) is -1.87. The molecule has 9 heteroatoms.